The Hall–Kier alpha value is -2.15. The van der Waals surface area contributed by atoms with Crippen LogP contribution in [0.2, 0.25) is 0 Å². The number of nitro benzene ring substituents is 1. The van der Waals surface area contributed by atoms with Crippen LogP contribution in [0.4, 0.5) is 11.7 Å². The van der Waals surface area contributed by atoms with Crippen molar-refractivity contribution in [3.05, 3.63) is 28.3 Å². The summed E-state index contributed by atoms with van der Waals surface area (Å²) in [7, 11) is 0. The zero-order valence-electron chi connectivity index (χ0n) is 10.5. The number of nitrogens with zero attached hydrogens (tertiary/aromatic N) is 2. The maximum Gasteiger partial charge on any atom is 0.295 e. The average Bonchev–Trinajstić information content (AvgIpc) is 2.79. The van der Waals surface area contributed by atoms with Crippen molar-refractivity contribution < 1.29 is 14.4 Å². The number of hydrogen-bond donors (Lipinski definition) is 2. The molecular formula is C12H15N3O4. The first kappa shape index (κ1) is 13.3. The van der Waals surface area contributed by atoms with Crippen LogP contribution >= 0.6 is 0 Å². The molecule has 0 fully saturated rings. The number of fused-ring (bicyclic) bond motifs is 1. The maximum absolute atomic E-state index is 10.7. The minimum absolute atomic E-state index is 0.0188. The Bertz CT molecular complexity index is 581. The van der Waals surface area contributed by atoms with Crippen molar-refractivity contribution in [2.24, 2.45) is 0 Å². The van der Waals surface area contributed by atoms with Gasteiger partial charge in [0.2, 0.25) is 0 Å². The van der Waals surface area contributed by atoms with Crippen LogP contribution in [-0.2, 0) is 0 Å². The number of non-ortho nitro benzene ring substituents is 1. The molecule has 0 saturated heterocycles. The lowest BCUT2D eigenvalue weighted by Gasteiger charge is -2.13. The van der Waals surface area contributed by atoms with Crippen molar-refractivity contribution in [3.63, 3.8) is 0 Å². The van der Waals surface area contributed by atoms with Crippen molar-refractivity contribution in [1.29, 1.82) is 0 Å². The number of aromatic nitrogens is 1. The molecule has 0 aliphatic rings. The Morgan fingerprint density at radius 3 is 3.00 bits per heavy atom. The molecule has 0 bridgehead atoms. The van der Waals surface area contributed by atoms with Crippen LogP contribution in [0.1, 0.15) is 19.8 Å². The lowest BCUT2D eigenvalue weighted by atomic mass is 10.2. The molecule has 2 rings (SSSR count). The molecule has 0 amide bonds. The number of aliphatic hydroxyl groups excluding tert-OH is 1. The number of nitro groups is 1. The van der Waals surface area contributed by atoms with Crippen molar-refractivity contribution >= 4 is 22.8 Å². The predicted octanol–water partition coefficient (Wildman–Crippen LogP) is 2.31. The van der Waals surface area contributed by atoms with E-state index in [-0.39, 0.29) is 18.3 Å². The summed E-state index contributed by atoms with van der Waals surface area (Å²) in [4.78, 5) is 14.4. The first-order chi connectivity index (χ1) is 9.13. The van der Waals surface area contributed by atoms with Crippen LogP contribution in [0.5, 0.6) is 0 Å². The van der Waals surface area contributed by atoms with E-state index in [0.717, 1.165) is 6.42 Å². The molecule has 0 aliphatic carbocycles. The molecule has 0 spiro atoms. The number of oxazole rings is 1. The Labute approximate surface area is 109 Å². The van der Waals surface area contributed by atoms with Gasteiger partial charge in [-0.2, -0.15) is 4.98 Å². The zero-order chi connectivity index (χ0) is 13.8. The fourth-order valence-corrected chi connectivity index (χ4v) is 1.80. The van der Waals surface area contributed by atoms with Gasteiger partial charge in [0.1, 0.15) is 5.52 Å². The summed E-state index contributed by atoms with van der Waals surface area (Å²) in [5.74, 6) is 0. The number of rotatable bonds is 6. The van der Waals surface area contributed by atoms with E-state index in [1.165, 1.54) is 18.2 Å². The van der Waals surface area contributed by atoms with Crippen LogP contribution in [0.25, 0.3) is 11.1 Å². The van der Waals surface area contributed by atoms with Crippen molar-refractivity contribution in [2.75, 3.05) is 11.9 Å². The number of aliphatic hydroxyl groups is 1. The van der Waals surface area contributed by atoms with E-state index >= 15 is 0 Å². The summed E-state index contributed by atoms with van der Waals surface area (Å²) in [5, 5.41) is 22.6. The smallest absolute Gasteiger partial charge is 0.295 e. The molecule has 0 radical (unpaired) electrons. The van der Waals surface area contributed by atoms with E-state index in [2.05, 4.69) is 10.3 Å². The predicted molar refractivity (Wildman–Crippen MR) is 70.1 cm³/mol. The fourth-order valence-electron chi connectivity index (χ4n) is 1.80. The third-order valence-corrected chi connectivity index (χ3v) is 2.88. The van der Waals surface area contributed by atoms with Crippen LogP contribution in [0, 0.1) is 10.1 Å². The summed E-state index contributed by atoms with van der Waals surface area (Å²) in [6.45, 7) is 2.07. The zero-order valence-corrected chi connectivity index (χ0v) is 10.5. The minimum atomic E-state index is -0.470. The van der Waals surface area contributed by atoms with Crippen molar-refractivity contribution in [2.45, 2.75) is 25.8 Å². The highest BCUT2D eigenvalue weighted by molar-refractivity contribution is 5.77. The molecule has 1 unspecified atom stereocenters. The van der Waals surface area contributed by atoms with Crippen molar-refractivity contribution in [1.82, 2.24) is 4.98 Å². The highest BCUT2D eigenvalue weighted by Gasteiger charge is 2.13. The third-order valence-electron chi connectivity index (χ3n) is 2.88. The van der Waals surface area contributed by atoms with E-state index in [1.54, 1.807) is 0 Å². The molecule has 102 valence electrons. The maximum atomic E-state index is 10.7. The second-order valence-corrected chi connectivity index (χ2v) is 4.19. The largest absolute Gasteiger partial charge is 0.424 e. The van der Waals surface area contributed by atoms with E-state index in [9.17, 15) is 10.1 Å². The molecule has 0 aliphatic heterocycles. The van der Waals surface area contributed by atoms with Gasteiger partial charge in [0, 0.05) is 24.8 Å². The molecule has 1 aromatic heterocycles. The van der Waals surface area contributed by atoms with E-state index in [4.69, 9.17) is 9.52 Å². The first-order valence-electron chi connectivity index (χ1n) is 6.06. The number of nitrogens with one attached hydrogen (secondary N) is 1. The summed E-state index contributed by atoms with van der Waals surface area (Å²) >= 11 is 0. The van der Waals surface area contributed by atoms with Gasteiger partial charge in [-0.15, -0.1) is 0 Å². The lowest BCUT2D eigenvalue weighted by molar-refractivity contribution is -0.384. The van der Waals surface area contributed by atoms with Gasteiger partial charge in [0.25, 0.3) is 11.7 Å². The van der Waals surface area contributed by atoms with Gasteiger partial charge in [-0.1, -0.05) is 6.92 Å². The van der Waals surface area contributed by atoms with Crippen LogP contribution in [0.15, 0.2) is 22.6 Å². The third kappa shape index (κ3) is 3.00. The molecule has 19 heavy (non-hydrogen) atoms. The SMILES string of the molecule is CCC(CCO)Nc1nc2cc([N+](=O)[O-])ccc2o1. The molecule has 1 aromatic carbocycles. The van der Waals surface area contributed by atoms with Gasteiger partial charge >= 0.3 is 0 Å². The average molecular weight is 265 g/mol. The Morgan fingerprint density at radius 2 is 2.37 bits per heavy atom. The van der Waals surface area contributed by atoms with Gasteiger partial charge in [-0.3, -0.25) is 10.1 Å². The summed E-state index contributed by atoms with van der Waals surface area (Å²) in [6, 6.07) is 4.65. The molecular weight excluding hydrogens is 250 g/mol. The molecule has 1 atom stereocenters. The second-order valence-electron chi connectivity index (χ2n) is 4.19. The minimum Gasteiger partial charge on any atom is -0.424 e. The molecule has 7 heteroatoms. The van der Waals surface area contributed by atoms with Gasteiger partial charge in [-0.05, 0) is 18.9 Å². The second kappa shape index (κ2) is 5.66. The summed E-state index contributed by atoms with van der Waals surface area (Å²) in [6.07, 6.45) is 1.41. The lowest BCUT2D eigenvalue weighted by Crippen LogP contribution is -2.19. The fraction of sp³-hybridized carbons (Fsp3) is 0.417. The van der Waals surface area contributed by atoms with Crippen LogP contribution in [0.3, 0.4) is 0 Å². The first-order valence-corrected chi connectivity index (χ1v) is 6.06. The van der Waals surface area contributed by atoms with E-state index < -0.39 is 4.92 Å². The molecule has 2 aromatic rings. The molecule has 7 nitrogen and oxygen atoms in total. The Morgan fingerprint density at radius 1 is 1.58 bits per heavy atom. The van der Waals surface area contributed by atoms with E-state index in [1.807, 2.05) is 6.92 Å². The Kier molecular flexibility index (Phi) is 3.96. The van der Waals surface area contributed by atoms with Crippen LogP contribution in [-0.4, -0.2) is 27.7 Å². The van der Waals surface area contributed by atoms with Gasteiger partial charge in [0.15, 0.2) is 5.58 Å². The van der Waals surface area contributed by atoms with Crippen molar-refractivity contribution in [3.8, 4) is 0 Å². The topological polar surface area (TPSA) is 101 Å². The molecule has 1 heterocycles. The number of hydrogen-bond acceptors (Lipinski definition) is 6. The van der Waals surface area contributed by atoms with E-state index in [0.29, 0.717) is 23.5 Å². The molecule has 2 N–H and O–H groups in total. The summed E-state index contributed by atoms with van der Waals surface area (Å²) in [5.41, 5.74) is 0.914. The summed E-state index contributed by atoms with van der Waals surface area (Å²) < 4.78 is 5.45. The quantitative estimate of drug-likeness (QED) is 0.613. The standard InChI is InChI=1S/C12H15N3O4/c1-2-8(5-6-16)13-12-14-10-7-9(15(17)18)3-4-11(10)19-12/h3-4,7-8,16H,2,5-6H2,1H3,(H,13,14). The highest BCUT2D eigenvalue weighted by Crippen LogP contribution is 2.24. The number of anilines is 1. The van der Waals surface area contributed by atoms with Gasteiger partial charge < -0.3 is 14.8 Å². The molecule has 0 saturated carbocycles. The normalized spacial score (nSPS) is 12.5. The van der Waals surface area contributed by atoms with Gasteiger partial charge in [0.05, 0.1) is 4.92 Å². The number of benzene rings is 1. The highest BCUT2D eigenvalue weighted by atomic mass is 16.6. The Balaban J connectivity index is 2.23. The van der Waals surface area contributed by atoms with Gasteiger partial charge in [-0.25, -0.2) is 0 Å². The van der Waals surface area contributed by atoms with Crippen LogP contribution < -0.4 is 5.32 Å². The monoisotopic (exact) mass is 265 g/mol.